The summed E-state index contributed by atoms with van der Waals surface area (Å²) in [5.74, 6) is -2.22. The van der Waals surface area contributed by atoms with Crippen LogP contribution in [0.25, 0.3) is 0 Å². The zero-order valence-corrected chi connectivity index (χ0v) is 68.6. The van der Waals surface area contributed by atoms with Crippen molar-refractivity contribution in [2.24, 2.45) is 0 Å². The Morgan fingerprint density at radius 2 is 0.491 bits per heavy atom. The molecule has 0 aromatic rings. The minimum absolute atomic E-state index is 0.0747. The molecule has 0 saturated carbocycles. The van der Waals surface area contributed by atoms with E-state index in [1.165, 1.54) is 64.2 Å². The standard InChI is InChI=1S/C87H150O17P2/c1-5-9-13-17-21-25-29-33-36-38-40-42-45-49-52-56-60-64-68-72-85(90)98-78-83(104-87(92)74-70-66-62-58-54-50-46-43-41-39-37-34-30-26-22-18-14-10-6-2)80-102-106(95,96)100-76-81(88)75-99-105(93,94)101-79-82(103-86(91)73-69-65-61-57-53-47-32-28-24-20-16-12-8-4)77-97-84(89)71-67-63-59-55-51-48-44-35-31-27-23-19-15-11-7-3/h9,13,21-23,25-28,32-37,40-44,81-83,88H,5-8,10-12,14-20,24,29-31,38-39,45-80H2,1-4H3,(H,93,94)(H,95,96)/b13-9-,25-21-,26-22-,27-23-,32-28-,36-33-,37-34-,42-40-,43-41-,44-35-. The maximum Gasteiger partial charge on any atom is 0.472 e. The Labute approximate surface area is 644 Å². The van der Waals surface area contributed by atoms with Crippen LogP contribution >= 0.6 is 15.6 Å². The van der Waals surface area contributed by atoms with Crippen LogP contribution < -0.4 is 0 Å². The number of aliphatic hydroxyl groups is 1. The van der Waals surface area contributed by atoms with Crippen LogP contribution in [0.1, 0.15) is 349 Å². The largest absolute Gasteiger partial charge is 0.472 e. The molecule has 0 aromatic carbocycles. The van der Waals surface area contributed by atoms with Gasteiger partial charge in [-0.3, -0.25) is 37.3 Å². The van der Waals surface area contributed by atoms with Crippen LogP contribution in [0.3, 0.4) is 0 Å². The predicted molar refractivity (Wildman–Crippen MR) is 436 cm³/mol. The zero-order chi connectivity index (χ0) is 77.4. The normalized spacial score (nSPS) is 14.4. The van der Waals surface area contributed by atoms with Crippen molar-refractivity contribution < 1.29 is 80.2 Å². The molecule has 5 unspecified atom stereocenters. The number of hydrogen-bond acceptors (Lipinski definition) is 15. The molecule has 0 aliphatic heterocycles. The molecule has 106 heavy (non-hydrogen) atoms. The highest BCUT2D eigenvalue weighted by Gasteiger charge is 2.30. The van der Waals surface area contributed by atoms with E-state index in [1.54, 1.807) is 0 Å². The minimum atomic E-state index is -4.99. The fraction of sp³-hybridized carbons (Fsp3) is 0.724. The maximum atomic E-state index is 13.1. The lowest BCUT2D eigenvalue weighted by Gasteiger charge is -2.21. The summed E-state index contributed by atoms with van der Waals surface area (Å²) in [5, 5.41) is 10.7. The second kappa shape index (κ2) is 78.6. The summed E-state index contributed by atoms with van der Waals surface area (Å²) in [5.41, 5.74) is 0. The molecule has 0 heterocycles. The summed E-state index contributed by atoms with van der Waals surface area (Å²) in [6.07, 6.45) is 87.3. The Morgan fingerprint density at radius 3 is 0.783 bits per heavy atom. The summed E-state index contributed by atoms with van der Waals surface area (Å²) < 4.78 is 68.7. The quantitative estimate of drug-likeness (QED) is 0.0169. The first kappa shape index (κ1) is 101. The van der Waals surface area contributed by atoms with Crippen LogP contribution in [0.2, 0.25) is 0 Å². The van der Waals surface area contributed by atoms with Crippen molar-refractivity contribution in [1.29, 1.82) is 0 Å². The van der Waals surface area contributed by atoms with Gasteiger partial charge >= 0.3 is 39.5 Å². The van der Waals surface area contributed by atoms with Crippen molar-refractivity contribution in [2.45, 2.75) is 367 Å². The van der Waals surface area contributed by atoms with Crippen LogP contribution in [0.4, 0.5) is 0 Å². The summed E-state index contributed by atoms with van der Waals surface area (Å²) in [6, 6.07) is 0. The van der Waals surface area contributed by atoms with Gasteiger partial charge in [-0.2, -0.15) is 0 Å². The summed E-state index contributed by atoms with van der Waals surface area (Å²) >= 11 is 0. The van der Waals surface area contributed by atoms with Gasteiger partial charge in [-0.25, -0.2) is 9.13 Å². The molecule has 0 amide bonds. The van der Waals surface area contributed by atoms with Crippen molar-refractivity contribution in [3.63, 3.8) is 0 Å². The fourth-order valence-electron chi connectivity index (χ4n) is 11.0. The molecular formula is C87H150O17P2. The molecule has 0 spiro atoms. The molecule has 0 bridgehead atoms. The van der Waals surface area contributed by atoms with Gasteiger partial charge in [0.25, 0.3) is 0 Å². The van der Waals surface area contributed by atoms with Gasteiger partial charge in [-0.1, -0.05) is 284 Å². The second-order valence-electron chi connectivity index (χ2n) is 27.7. The first-order valence-corrected chi connectivity index (χ1v) is 44.8. The second-order valence-corrected chi connectivity index (χ2v) is 30.6. The van der Waals surface area contributed by atoms with Gasteiger partial charge in [-0.05, 0) is 161 Å². The third-order valence-corrected chi connectivity index (χ3v) is 19.3. The minimum Gasteiger partial charge on any atom is -0.462 e. The first-order valence-electron chi connectivity index (χ1n) is 41.8. The molecule has 3 N–H and O–H groups in total. The summed E-state index contributed by atoms with van der Waals surface area (Å²) in [6.45, 7) is 4.68. The smallest absolute Gasteiger partial charge is 0.462 e. The van der Waals surface area contributed by atoms with Gasteiger partial charge in [0.05, 0.1) is 26.4 Å². The van der Waals surface area contributed by atoms with Gasteiger partial charge in [0.2, 0.25) is 0 Å². The first-order chi connectivity index (χ1) is 51.7. The van der Waals surface area contributed by atoms with Gasteiger partial charge in [-0.15, -0.1) is 0 Å². The van der Waals surface area contributed by atoms with Crippen LogP contribution in [0.15, 0.2) is 122 Å². The monoisotopic (exact) mass is 1530 g/mol. The number of unbranched alkanes of at least 4 members (excludes halogenated alkanes) is 32. The van der Waals surface area contributed by atoms with E-state index in [9.17, 15) is 43.2 Å². The van der Waals surface area contributed by atoms with Crippen molar-refractivity contribution in [3.8, 4) is 0 Å². The number of aliphatic hydroxyl groups excluding tert-OH is 1. The van der Waals surface area contributed by atoms with Crippen LogP contribution in [0, 0.1) is 0 Å². The third-order valence-electron chi connectivity index (χ3n) is 17.4. The van der Waals surface area contributed by atoms with Gasteiger partial charge in [0, 0.05) is 25.7 Å². The van der Waals surface area contributed by atoms with E-state index < -0.39 is 97.5 Å². The Bertz CT molecular complexity index is 2480. The maximum absolute atomic E-state index is 13.1. The number of phosphoric acid groups is 2. The Balaban J connectivity index is 5.40. The molecule has 0 radical (unpaired) electrons. The van der Waals surface area contributed by atoms with Crippen LogP contribution in [-0.4, -0.2) is 96.7 Å². The average molecular weight is 1530 g/mol. The highest BCUT2D eigenvalue weighted by atomic mass is 31.2. The molecular weight excluding hydrogens is 1380 g/mol. The van der Waals surface area contributed by atoms with Crippen molar-refractivity contribution in [3.05, 3.63) is 122 Å². The zero-order valence-electron chi connectivity index (χ0n) is 66.8. The molecule has 17 nitrogen and oxygen atoms in total. The van der Waals surface area contributed by atoms with Crippen molar-refractivity contribution in [1.82, 2.24) is 0 Å². The van der Waals surface area contributed by atoms with E-state index in [2.05, 4.69) is 149 Å². The third kappa shape index (κ3) is 77.6. The molecule has 5 atom stereocenters. The Morgan fingerprint density at radius 1 is 0.274 bits per heavy atom. The van der Waals surface area contributed by atoms with E-state index >= 15 is 0 Å². The Hall–Kier alpha value is -4.54. The number of allylic oxidation sites excluding steroid dienone is 20. The van der Waals surface area contributed by atoms with E-state index in [-0.39, 0.29) is 25.7 Å². The predicted octanol–water partition coefficient (Wildman–Crippen LogP) is 24.7. The number of hydrogen-bond donors (Lipinski definition) is 3. The van der Waals surface area contributed by atoms with Gasteiger partial charge < -0.3 is 33.8 Å². The number of ether oxygens (including phenoxy) is 4. The van der Waals surface area contributed by atoms with E-state index in [0.717, 1.165) is 205 Å². The molecule has 0 aliphatic rings. The van der Waals surface area contributed by atoms with E-state index in [0.29, 0.717) is 25.7 Å². The lowest BCUT2D eigenvalue weighted by molar-refractivity contribution is -0.161. The van der Waals surface area contributed by atoms with Crippen molar-refractivity contribution >= 4 is 39.5 Å². The average Bonchev–Trinajstić information content (AvgIpc) is 0.903. The molecule has 0 aliphatic carbocycles. The molecule has 0 rings (SSSR count). The SMILES string of the molecule is CC/C=C\C/C=C\C/C=C\C/C=C\CCCCCCCCC(=O)OCC(COP(=O)(O)OCC(O)COP(=O)(O)OCC(COC(=O)CCCCCCC/C=C\C/C=C\CCCCC)OC(=O)CCCCCCC/C=C\CCCCCC)OC(=O)CCCCCCCC/C=C\C/C=C\C/C=C\CCCCC. The number of phosphoric ester groups is 2. The highest BCUT2D eigenvalue weighted by molar-refractivity contribution is 7.47. The Kier molecular flexibility index (Phi) is 75.2. The number of carbonyl (C=O) groups excluding carboxylic acids is 4. The highest BCUT2D eigenvalue weighted by Crippen LogP contribution is 2.45. The van der Waals surface area contributed by atoms with Gasteiger partial charge in [0.1, 0.15) is 19.3 Å². The lowest BCUT2D eigenvalue weighted by atomic mass is 10.1. The molecule has 0 saturated heterocycles. The van der Waals surface area contributed by atoms with E-state index in [4.69, 9.17) is 37.0 Å². The molecule has 0 aromatic heterocycles. The lowest BCUT2D eigenvalue weighted by Crippen LogP contribution is -2.30. The van der Waals surface area contributed by atoms with Crippen LogP contribution in [-0.2, 0) is 65.4 Å². The van der Waals surface area contributed by atoms with Crippen molar-refractivity contribution in [2.75, 3.05) is 39.6 Å². The molecule has 0 fully saturated rings. The number of esters is 4. The topological polar surface area (TPSA) is 237 Å². The summed E-state index contributed by atoms with van der Waals surface area (Å²) in [7, 11) is -9.98. The molecule has 19 heteroatoms. The summed E-state index contributed by atoms with van der Waals surface area (Å²) in [4.78, 5) is 73.1. The number of carbonyl (C=O) groups is 4. The fourth-order valence-corrected chi connectivity index (χ4v) is 12.6. The van der Waals surface area contributed by atoms with Crippen LogP contribution in [0.5, 0.6) is 0 Å². The molecule has 610 valence electrons. The van der Waals surface area contributed by atoms with E-state index in [1.807, 2.05) is 0 Å². The van der Waals surface area contributed by atoms with Gasteiger partial charge in [0.15, 0.2) is 12.2 Å². The number of rotatable bonds is 78.